The first-order chi connectivity index (χ1) is 15.4. The lowest BCUT2D eigenvalue weighted by atomic mass is 10.0. The fourth-order valence-corrected chi connectivity index (χ4v) is 4.71. The van der Waals surface area contributed by atoms with Crippen molar-refractivity contribution in [1.29, 1.82) is 0 Å². The minimum Gasteiger partial charge on any atom is -0.491 e. The van der Waals surface area contributed by atoms with Crippen molar-refractivity contribution < 1.29 is 23.5 Å². The molecule has 3 rings (SSSR count). The Balaban J connectivity index is 1.75. The van der Waals surface area contributed by atoms with Gasteiger partial charge in [0.25, 0.3) is 0 Å². The van der Waals surface area contributed by atoms with Gasteiger partial charge in [0, 0.05) is 31.1 Å². The Morgan fingerprint density at radius 3 is 2.84 bits per heavy atom. The summed E-state index contributed by atoms with van der Waals surface area (Å²) in [5.41, 5.74) is 1.06. The quantitative estimate of drug-likeness (QED) is 0.537. The van der Waals surface area contributed by atoms with Crippen molar-refractivity contribution in [1.82, 2.24) is 9.80 Å². The molecule has 0 radical (unpaired) electrons. The standard InChI is InChI=1S/C24H31FN2O4S/c1-17(2)7-10-26(24(29)16-30-3)14-23(28)27-11-8-22-20(9-12-32-22)21(27)15-31-19-6-4-5-18(25)13-19/h4-6,9,12-13,17,21H,7-8,10-11,14-16H2,1-3H3/t21-/m1/s1. The van der Waals surface area contributed by atoms with E-state index in [0.717, 1.165) is 18.4 Å². The number of hydrogen-bond donors (Lipinski definition) is 0. The second-order valence-electron chi connectivity index (χ2n) is 8.35. The normalized spacial score (nSPS) is 15.5. The summed E-state index contributed by atoms with van der Waals surface area (Å²) in [4.78, 5) is 30.5. The molecule has 8 heteroatoms. The lowest BCUT2D eigenvalue weighted by molar-refractivity contribution is -0.144. The van der Waals surface area contributed by atoms with Crippen molar-refractivity contribution in [3.8, 4) is 5.75 Å². The molecule has 2 aromatic rings. The van der Waals surface area contributed by atoms with Gasteiger partial charge in [-0.2, -0.15) is 0 Å². The van der Waals surface area contributed by atoms with Gasteiger partial charge in [0.1, 0.15) is 24.8 Å². The van der Waals surface area contributed by atoms with Gasteiger partial charge in [-0.05, 0) is 47.9 Å². The Hall–Kier alpha value is -2.45. The van der Waals surface area contributed by atoms with Crippen LogP contribution in [0.3, 0.4) is 0 Å². The number of nitrogens with zero attached hydrogens (tertiary/aromatic N) is 2. The molecule has 174 valence electrons. The maximum atomic E-state index is 13.5. The largest absolute Gasteiger partial charge is 0.491 e. The van der Waals surface area contributed by atoms with Gasteiger partial charge >= 0.3 is 0 Å². The molecule has 6 nitrogen and oxygen atoms in total. The topological polar surface area (TPSA) is 59.1 Å². The first kappa shape index (κ1) is 24.2. The Morgan fingerprint density at radius 1 is 1.31 bits per heavy atom. The average Bonchev–Trinajstić information content (AvgIpc) is 3.24. The number of amides is 2. The van der Waals surface area contributed by atoms with Gasteiger partial charge in [0.05, 0.1) is 12.6 Å². The van der Waals surface area contributed by atoms with Crippen molar-refractivity contribution in [3.05, 3.63) is 52.0 Å². The van der Waals surface area contributed by atoms with E-state index in [1.807, 2.05) is 11.4 Å². The number of ether oxygens (including phenoxy) is 2. The fraction of sp³-hybridized carbons (Fsp3) is 0.500. The molecule has 0 bridgehead atoms. The molecular formula is C24H31FN2O4S. The summed E-state index contributed by atoms with van der Waals surface area (Å²) in [5.74, 6) is 0.158. The van der Waals surface area contributed by atoms with Gasteiger partial charge in [-0.3, -0.25) is 9.59 Å². The number of halogens is 1. The Kier molecular flexibility index (Phi) is 8.64. The number of hydrogen-bond acceptors (Lipinski definition) is 5. The molecule has 0 spiro atoms. The third-order valence-electron chi connectivity index (χ3n) is 5.54. The van der Waals surface area contributed by atoms with Crippen LogP contribution in [0.2, 0.25) is 0 Å². The van der Waals surface area contributed by atoms with Crippen molar-refractivity contribution in [2.24, 2.45) is 5.92 Å². The van der Waals surface area contributed by atoms with E-state index in [2.05, 4.69) is 13.8 Å². The lowest BCUT2D eigenvalue weighted by Gasteiger charge is -2.37. The first-order valence-electron chi connectivity index (χ1n) is 10.9. The molecule has 0 aliphatic carbocycles. The highest BCUT2D eigenvalue weighted by Crippen LogP contribution is 2.34. The van der Waals surface area contributed by atoms with Crippen LogP contribution in [0.4, 0.5) is 4.39 Å². The molecule has 0 saturated carbocycles. The van der Waals surface area contributed by atoms with Crippen molar-refractivity contribution in [3.63, 3.8) is 0 Å². The van der Waals surface area contributed by atoms with Crippen molar-refractivity contribution in [2.75, 3.05) is 40.0 Å². The van der Waals surface area contributed by atoms with Gasteiger partial charge in [-0.15, -0.1) is 11.3 Å². The molecule has 2 amide bonds. The molecular weight excluding hydrogens is 431 g/mol. The summed E-state index contributed by atoms with van der Waals surface area (Å²) in [5, 5.41) is 2.02. The van der Waals surface area contributed by atoms with Crippen LogP contribution in [0.15, 0.2) is 35.7 Å². The van der Waals surface area contributed by atoms with E-state index in [1.54, 1.807) is 33.3 Å². The molecule has 1 aromatic heterocycles. The van der Waals surface area contributed by atoms with Gasteiger partial charge in [-0.25, -0.2) is 4.39 Å². The number of fused-ring (bicyclic) bond motifs is 1. The molecule has 1 aromatic carbocycles. The zero-order chi connectivity index (χ0) is 23.1. The highest BCUT2D eigenvalue weighted by atomic mass is 32.1. The predicted molar refractivity (Wildman–Crippen MR) is 122 cm³/mol. The van der Waals surface area contributed by atoms with E-state index < -0.39 is 0 Å². The van der Waals surface area contributed by atoms with Gasteiger partial charge in [0.15, 0.2) is 0 Å². The summed E-state index contributed by atoms with van der Waals surface area (Å²) in [6.07, 6.45) is 1.58. The van der Waals surface area contributed by atoms with Crippen molar-refractivity contribution >= 4 is 23.2 Å². The van der Waals surface area contributed by atoms with Crippen LogP contribution >= 0.6 is 11.3 Å². The van der Waals surface area contributed by atoms with Crippen LogP contribution in [0, 0.1) is 11.7 Å². The smallest absolute Gasteiger partial charge is 0.249 e. The summed E-state index contributed by atoms with van der Waals surface area (Å²) in [6, 6.07) is 7.72. The minimum atomic E-state index is -0.368. The lowest BCUT2D eigenvalue weighted by Crippen LogP contribution is -2.48. The van der Waals surface area contributed by atoms with E-state index in [1.165, 1.54) is 24.1 Å². The molecule has 1 aliphatic heterocycles. The molecule has 0 unspecified atom stereocenters. The minimum absolute atomic E-state index is 0.00481. The van der Waals surface area contributed by atoms with Crippen LogP contribution in [-0.4, -0.2) is 61.6 Å². The maximum absolute atomic E-state index is 13.5. The number of benzene rings is 1. The molecule has 32 heavy (non-hydrogen) atoms. The number of carbonyl (C=O) groups excluding carboxylic acids is 2. The Bertz CT molecular complexity index is 917. The first-order valence-corrected chi connectivity index (χ1v) is 11.8. The average molecular weight is 463 g/mol. The zero-order valence-corrected chi connectivity index (χ0v) is 19.7. The fourth-order valence-electron chi connectivity index (χ4n) is 3.78. The van der Waals surface area contributed by atoms with Gasteiger partial charge in [0.2, 0.25) is 11.8 Å². The van der Waals surface area contributed by atoms with E-state index in [9.17, 15) is 14.0 Å². The molecule has 1 aliphatic rings. The number of thiophene rings is 1. The molecule has 0 fully saturated rings. The van der Waals surface area contributed by atoms with Crippen LogP contribution in [-0.2, 0) is 20.7 Å². The summed E-state index contributed by atoms with van der Waals surface area (Å²) in [7, 11) is 1.48. The monoisotopic (exact) mass is 462 g/mol. The van der Waals surface area contributed by atoms with E-state index in [-0.39, 0.29) is 43.4 Å². The third-order valence-corrected chi connectivity index (χ3v) is 6.54. The van der Waals surface area contributed by atoms with E-state index >= 15 is 0 Å². The molecule has 1 atom stereocenters. The summed E-state index contributed by atoms with van der Waals surface area (Å²) >= 11 is 1.67. The molecule has 0 N–H and O–H groups in total. The van der Waals surface area contributed by atoms with Crippen LogP contribution in [0.5, 0.6) is 5.75 Å². The SMILES string of the molecule is COCC(=O)N(CCC(C)C)CC(=O)N1CCc2sccc2[C@H]1COc1cccc(F)c1. The summed E-state index contributed by atoms with van der Waals surface area (Å²) in [6.45, 7) is 5.41. The van der Waals surface area contributed by atoms with E-state index in [0.29, 0.717) is 24.8 Å². The van der Waals surface area contributed by atoms with E-state index in [4.69, 9.17) is 9.47 Å². The van der Waals surface area contributed by atoms with Crippen LogP contribution in [0.25, 0.3) is 0 Å². The predicted octanol–water partition coefficient (Wildman–Crippen LogP) is 3.91. The van der Waals surface area contributed by atoms with Crippen LogP contribution < -0.4 is 4.74 Å². The number of methoxy groups -OCH3 is 1. The number of carbonyl (C=O) groups is 2. The Labute approximate surface area is 192 Å². The second-order valence-corrected chi connectivity index (χ2v) is 9.35. The van der Waals surface area contributed by atoms with Gasteiger partial charge in [-0.1, -0.05) is 19.9 Å². The maximum Gasteiger partial charge on any atom is 0.249 e. The van der Waals surface area contributed by atoms with Crippen LogP contribution in [0.1, 0.15) is 36.8 Å². The molecule has 2 heterocycles. The summed E-state index contributed by atoms with van der Waals surface area (Å²) < 4.78 is 24.4. The zero-order valence-electron chi connectivity index (χ0n) is 18.9. The third kappa shape index (κ3) is 6.29. The van der Waals surface area contributed by atoms with Crippen molar-refractivity contribution in [2.45, 2.75) is 32.7 Å². The van der Waals surface area contributed by atoms with Gasteiger partial charge < -0.3 is 19.3 Å². The second kappa shape index (κ2) is 11.4. The highest BCUT2D eigenvalue weighted by molar-refractivity contribution is 7.10. The Morgan fingerprint density at radius 2 is 2.12 bits per heavy atom. The highest BCUT2D eigenvalue weighted by Gasteiger charge is 2.33. The molecule has 0 saturated heterocycles. The number of rotatable bonds is 10.